The maximum atomic E-state index is 12.3. The lowest BCUT2D eigenvalue weighted by atomic mass is 9.55. The lowest BCUT2D eigenvalue weighted by Crippen LogP contribution is -2.49. The van der Waals surface area contributed by atoms with Crippen molar-refractivity contribution in [3.63, 3.8) is 0 Å². The van der Waals surface area contributed by atoms with Gasteiger partial charge in [0.2, 0.25) is 0 Å². The Morgan fingerprint density at radius 3 is 1.96 bits per heavy atom. The van der Waals surface area contributed by atoms with Gasteiger partial charge >= 0.3 is 12.9 Å². The Morgan fingerprint density at radius 1 is 0.957 bits per heavy atom. The topological polar surface area (TPSA) is 78.3 Å². The van der Waals surface area contributed by atoms with Crippen LogP contribution in [0.2, 0.25) is 0 Å². The maximum Gasteiger partial charge on any atom is 0.429 e. The SMILES string of the molecule is NCCCC[C@H](N)C(=O)OB(c1ccccc1)c1ccccc1. The first-order valence-electron chi connectivity index (χ1n) is 7.98. The van der Waals surface area contributed by atoms with Gasteiger partial charge in [-0.25, -0.2) is 0 Å². The average molecular weight is 310 g/mol. The Labute approximate surface area is 137 Å². The van der Waals surface area contributed by atoms with Crippen molar-refractivity contribution in [3.8, 4) is 0 Å². The molecule has 4 N–H and O–H groups in total. The van der Waals surface area contributed by atoms with E-state index in [9.17, 15) is 4.79 Å². The monoisotopic (exact) mass is 310 g/mol. The van der Waals surface area contributed by atoms with Crippen LogP contribution in [0.4, 0.5) is 0 Å². The molecule has 0 aliphatic carbocycles. The minimum atomic E-state index is -0.614. The van der Waals surface area contributed by atoms with E-state index in [0.717, 1.165) is 23.8 Å². The highest BCUT2D eigenvalue weighted by Gasteiger charge is 2.27. The second-order valence-corrected chi connectivity index (χ2v) is 5.53. The van der Waals surface area contributed by atoms with Gasteiger partial charge in [-0.2, -0.15) is 0 Å². The molecule has 0 fully saturated rings. The van der Waals surface area contributed by atoms with Gasteiger partial charge in [-0.05, 0) is 30.3 Å². The predicted octanol–water partition coefficient (Wildman–Crippen LogP) is 0.792. The summed E-state index contributed by atoms with van der Waals surface area (Å²) in [6.07, 6.45) is 2.28. The summed E-state index contributed by atoms with van der Waals surface area (Å²) < 4.78 is 5.72. The molecule has 0 aliphatic rings. The molecule has 0 aliphatic heterocycles. The van der Waals surface area contributed by atoms with Gasteiger partial charge in [0.05, 0.1) is 0 Å². The smallest absolute Gasteiger partial charge is 0.429 e. The van der Waals surface area contributed by atoms with Crippen molar-refractivity contribution in [1.82, 2.24) is 0 Å². The zero-order valence-electron chi connectivity index (χ0n) is 13.2. The van der Waals surface area contributed by atoms with E-state index in [1.54, 1.807) is 0 Å². The van der Waals surface area contributed by atoms with Crippen LogP contribution in [0.25, 0.3) is 0 Å². The van der Waals surface area contributed by atoms with Crippen LogP contribution in [-0.4, -0.2) is 25.5 Å². The number of hydrogen-bond acceptors (Lipinski definition) is 4. The van der Waals surface area contributed by atoms with Gasteiger partial charge in [-0.1, -0.05) is 67.1 Å². The molecule has 5 heteroatoms. The van der Waals surface area contributed by atoms with E-state index in [2.05, 4.69) is 0 Å². The van der Waals surface area contributed by atoms with Crippen molar-refractivity contribution >= 4 is 23.8 Å². The molecule has 0 aromatic heterocycles. The van der Waals surface area contributed by atoms with E-state index in [1.807, 2.05) is 60.7 Å². The molecule has 120 valence electrons. The van der Waals surface area contributed by atoms with E-state index in [0.29, 0.717) is 13.0 Å². The van der Waals surface area contributed by atoms with Gasteiger partial charge in [-0.15, -0.1) is 0 Å². The number of nitrogens with two attached hydrogens (primary N) is 2. The first-order valence-corrected chi connectivity index (χ1v) is 7.98. The summed E-state index contributed by atoms with van der Waals surface area (Å²) in [6, 6.07) is 18.8. The highest BCUT2D eigenvalue weighted by atomic mass is 16.5. The standard InChI is InChI=1S/C18H23BN2O2/c20-14-8-7-13-17(21)18(22)23-19(15-9-3-1-4-10-15)16-11-5-2-6-12-16/h1-6,9-12,17H,7-8,13-14,20-21H2/t17-/m0/s1. The average Bonchev–Trinajstić information content (AvgIpc) is 2.61. The van der Waals surface area contributed by atoms with Gasteiger partial charge in [0.25, 0.3) is 0 Å². The number of hydrogen-bond donors (Lipinski definition) is 2. The number of unbranched alkanes of at least 4 members (excludes halogenated alkanes) is 1. The van der Waals surface area contributed by atoms with Crippen molar-refractivity contribution in [2.24, 2.45) is 11.5 Å². The number of carbonyl (C=O) groups is 1. The molecule has 2 aromatic carbocycles. The van der Waals surface area contributed by atoms with Crippen molar-refractivity contribution in [3.05, 3.63) is 60.7 Å². The Kier molecular flexibility index (Phi) is 6.85. The first kappa shape index (κ1) is 17.3. The third kappa shape index (κ3) is 5.23. The van der Waals surface area contributed by atoms with E-state index < -0.39 is 13.0 Å². The maximum absolute atomic E-state index is 12.3. The number of rotatable bonds is 8. The lowest BCUT2D eigenvalue weighted by Gasteiger charge is -2.18. The van der Waals surface area contributed by atoms with Crippen LogP contribution in [0.15, 0.2) is 60.7 Å². The van der Waals surface area contributed by atoms with E-state index in [4.69, 9.17) is 16.1 Å². The zero-order valence-corrected chi connectivity index (χ0v) is 13.2. The Bertz CT molecular complexity index is 553. The highest BCUT2D eigenvalue weighted by Crippen LogP contribution is 2.02. The van der Waals surface area contributed by atoms with E-state index in [1.165, 1.54) is 0 Å². The van der Waals surface area contributed by atoms with Gasteiger partial charge < -0.3 is 16.1 Å². The van der Waals surface area contributed by atoms with Crippen molar-refractivity contribution in [2.45, 2.75) is 25.3 Å². The van der Waals surface area contributed by atoms with Crippen molar-refractivity contribution in [1.29, 1.82) is 0 Å². The number of carbonyl (C=O) groups excluding carboxylic acids is 1. The van der Waals surface area contributed by atoms with Crippen LogP contribution in [-0.2, 0) is 9.45 Å². The van der Waals surface area contributed by atoms with Gasteiger partial charge in [-0.3, -0.25) is 4.79 Å². The molecule has 0 bridgehead atoms. The molecule has 4 nitrogen and oxygen atoms in total. The quantitative estimate of drug-likeness (QED) is 0.558. The molecule has 0 spiro atoms. The Balaban J connectivity index is 2.11. The van der Waals surface area contributed by atoms with Crippen LogP contribution in [0.5, 0.6) is 0 Å². The molecule has 23 heavy (non-hydrogen) atoms. The van der Waals surface area contributed by atoms with Gasteiger partial charge in [0.1, 0.15) is 6.04 Å². The Morgan fingerprint density at radius 2 is 1.48 bits per heavy atom. The third-order valence-electron chi connectivity index (χ3n) is 3.71. The Hall–Kier alpha value is -2.11. The van der Waals surface area contributed by atoms with E-state index >= 15 is 0 Å². The predicted molar refractivity (Wildman–Crippen MR) is 94.9 cm³/mol. The zero-order chi connectivity index (χ0) is 16.5. The molecule has 1 atom stereocenters. The molecule has 0 radical (unpaired) electrons. The van der Waals surface area contributed by atoms with Crippen LogP contribution >= 0.6 is 0 Å². The summed E-state index contributed by atoms with van der Waals surface area (Å²) in [5.41, 5.74) is 13.3. The minimum Gasteiger partial charge on any atom is -0.525 e. The molecule has 0 amide bonds. The molecular formula is C18H23BN2O2. The summed E-state index contributed by atoms with van der Waals surface area (Å²) in [7, 11) is 0. The molecule has 0 heterocycles. The van der Waals surface area contributed by atoms with Gasteiger partial charge in [0.15, 0.2) is 0 Å². The van der Waals surface area contributed by atoms with Crippen molar-refractivity contribution in [2.75, 3.05) is 6.54 Å². The van der Waals surface area contributed by atoms with E-state index in [-0.39, 0.29) is 5.97 Å². The molecule has 0 saturated heterocycles. The largest absolute Gasteiger partial charge is 0.525 e. The highest BCUT2D eigenvalue weighted by molar-refractivity contribution is 6.81. The lowest BCUT2D eigenvalue weighted by molar-refractivity contribution is -0.136. The fraction of sp³-hybridized carbons (Fsp3) is 0.278. The summed E-state index contributed by atoms with van der Waals surface area (Å²) >= 11 is 0. The molecule has 0 unspecified atom stereocenters. The van der Waals surface area contributed by atoms with Crippen LogP contribution < -0.4 is 22.4 Å². The molecule has 0 saturated carbocycles. The van der Waals surface area contributed by atoms with Crippen LogP contribution in [0.3, 0.4) is 0 Å². The molecular weight excluding hydrogens is 287 g/mol. The number of benzene rings is 2. The third-order valence-corrected chi connectivity index (χ3v) is 3.71. The van der Waals surface area contributed by atoms with Gasteiger partial charge in [0, 0.05) is 0 Å². The second-order valence-electron chi connectivity index (χ2n) is 5.53. The van der Waals surface area contributed by atoms with Crippen molar-refractivity contribution < 1.29 is 9.45 Å². The summed E-state index contributed by atoms with van der Waals surface area (Å²) in [5.74, 6) is -0.375. The summed E-state index contributed by atoms with van der Waals surface area (Å²) in [6.45, 7) is 0.170. The summed E-state index contributed by atoms with van der Waals surface area (Å²) in [5, 5.41) is 0. The van der Waals surface area contributed by atoms with Crippen LogP contribution in [0, 0.1) is 0 Å². The minimum absolute atomic E-state index is 0.375. The summed E-state index contributed by atoms with van der Waals surface area (Å²) in [4.78, 5) is 12.3. The fourth-order valence-corrected chi connectivity index (χ4v) is 2.41. The fourth-order valence-electron chi connectivity index (χ4n) is 2.41. The second kappa shape index (κ2) is 9.13. The first-order chi connectivity index (χ1) is 11.2. The normalized spacial score (nSPS) is 11.7. The molecule has 2 aromatic rings. The molecule has 2 rings (SSSR count). The van der Waals surface area contributed by atoms with Crippen LogP contribution in [0.1, 0.15) is 19.3 Å².